The highest BCUT2D eigenvalue weighted by atomic mass is 79.9. The molecule has 0 saturated heterocycles. The molecule has 66 valence electrons. The van der Waals surface area contributed by atoms with Crippen molar-refractivity contribution in [1.82, 2.24) is 10.2 Å². The van der Waals surface area contributed by atoms with Gasteiger partial charge in [0.25, 0.3) is 0 Å². The molecule has 0 amide bonds. The van der Waals surface area contributed by atoms with Crippen molar-refractivity contribution in [1.29, 1.82) is 0 Å². The summed E-state index contributed by atoms with van der Waals surface area (Å²) in [7, 11) is 0. The van der Waals surface area contributed by atoms with Crippen LogP contribution in [0.2, 0.25) is 0 Å². The van der Waals surface area contributed by atoms with E-state index in [0.29, 0.717) is 4.60 Å². The second kappa shape index (κ2) is 3.71. The Morgan fingerprint density at radius 2 is 2.42 bits per heavy atom. The summed E-state index contributed by atoms with van der Waals surface area (Å²) in [6.45, 7) is 1.95. The summed E-state index contributed by atoms with van der Waals surface area (Å²) < 4.78 is 0.599. The number of hydrogen-bond donors (Lipinski definition) is 2. The highest BCUT2D eigenvalue weighted by Gasteiger charge is 2.12. The van der Waals surface area contributed by atoms with Crippen LogP contribution in [-0.4, -0.2) is 21.3 Å². The van der Waals surface area contributed by atoms with Gasteiger partial charge in [-0.15, -0.1) is 0 Å². The molecule has 0 atom stereocenters. The van der Waals surface area contributed by atoms with Crippen LogP contribution in [0.4, 0.5) is 0 Å². The topological polar surface area (TPSA) is 66.0 Å². The molecule has 0 aliphatic heterocycles. The summed E-state index contributed by atoms with van der Waals surface area (Å²) in [6.07, 6.45) is 0.779. The van der Waals surface area contributed by atoms with Crippen LogP contribution in [0.1, 0.15) is 18.2 Å². The third kappa shape index (κ3) is 1.85. The van der Waals surface area contributed by atoms with E-state index in [1.165, 1.54) is 0 Å². The van der Waals surface area contributed by atoms with Crippen molar-refractivity contribution in [2.24, 2.45) is 0 Å². The lowest BCUT2D eigenvalue weighted by atomic mass is 10.1. The molecule has 4 nitrogen and oxygen atoms in total. The zero-order valence-electron chi connectivity index (χ0n) is 6.59. The van der Waals surface area contributed by atoms with Crippen molar-refractivity contribution in [2.45, 2.75) is 19.8 Å². The maximum atomic E-state index is 10.4. The maximum Gasteiger partial charge on any atom is 0.307 e. The van der Waals surface area contributed by atoms with Crippen LogP contribution in [0.5, 0.6) is 0 Å². The van der Waals surface area contributed by atoms with E-state index in [1.807, 2.05) is 6.92 Å². The van der Waals surface area contributed by atoms with Gasteiger partial charge in [-0.3, -0.25) is 9.89 Å². The summed E-state index contributed by atoms with van der Waals surface area (Å²) in [5.41, 5.74) is 1.62. The van der Waals surface area contributed by atoms with Gasteiger partial charge < -0.3 is 5.11 Å². The quantitative estimate of drug-likeness (QED) is 0.828. The second-order valence-electron chi connectivity index (χ2n) is 2.40. The first-order valence-corrected chi connectivity index (χ1v) is 4.37. The Hall–Kier alpha value is -0.840. The van der Waals surface area contributed by atoms with Gasteiger partial charge in [0.05, 0.1) is 6.42 Å². The zero-order valence-corrected chi connectivity index (χ0v) is 8.18. The number of hydrogen-bond acceptors (Lipinski definition) is 2. The molecule has 0 fully saturated rings. The number of aliphatic carboxylic acids is 1. The van der Waals surface area contributed by atoms with Crippen molar-refractivity contribution in [3.8, 4) is 0 Å². The molecule has 1 rings (SSSR count). The van der Waals surface area contributed by atoms with Gasteiger partial charge in [-0.05, 0) is 22.4 Å². The predicted molar refractivity (Wildman–Crippen MR) is 47.0 cm³/mol. The third-order valence-electron chi connectivity index (χ3n) is 1.58. The number of carboxylic acids is 1. The number of carbonyl (C=O) groups is 1. The molecule has 0 radical (unpaired) electrons. The molecule has 2 N–H and O–H groups in total. The number of aryl methyl sites for hydroxylation is 1. The molecular formula is C7H9BrN2O2. The molecule has 1 aromatic heterocycles. The van der Waals surface area contributed by atoms with E-state index in [2.05, 4.69) is 26.1 Å². The number of aromatic nitrogens is 2. The molecular weight excluding hydrogens is 224 g/mol. The lowest BCUT2D eigenvalue weighted by Gasteiger charge is -1.95. The largest absolute Gasteiger partial charge is 0.481 e. The van der Waals surface area contributed by atoms with Crippen LogP contribution in [0.3, 0.4) is 0 Å². The Bertz CT molecular complexity index is 296. The number of carboxylic acid groups (broad SMARTS) is 1. The SMILES string of the molecule is CCc1[nH]nc(Br)c1CC(=O)O. The van der Waals surface area contributed by atoms with Crippen molar-refractivity contribution < 1.29 is 9.90 Å². The Balaban J connectivity index is 2.94. The van der Waals surface area contributed by atoms with E-state index >= 15 is 0 Å². The molecule has 0 aromatic carbocycles. The number of rotatable bonds is 3. The van der Waals surface area contributed by atoms with Gasteiger partial charge in [-0.2, -0.15) is 5.10 Å². The smallest absolute Gasteiger partial charge is 0.307 e. The van der Waals surface area contributed by atoms with Crippen LogP contribution >= 0.6 is 15.9 Å². The average molecular weight is 233 g/mol. The van der Waals surface area contributed by atoms with Gasteiger partial charge in [0, 0.05) is 11.3 Å². The van der Waals surface area contributed by atoms with E-state index < -0.39 is 5.97 Å². The molecule has 12 heavy (non-hydrogen) atoms. The summed E-state index contributed by atoms with van der Waals surface area (Å²) in [6, 6.07) is 0. The lowest BCUT2D eigenvalue weighted by molar-refractivity contribution is -0.136. The predicted octanol–water partition coefficient (Wildman–Crippen LogP) is 1.36. The van der Waals surface area contributed by atoms with Gasteiger partial charge in [0.2, 0.25) is 0 Å². The maximum absolute atomic E-state index is 10.4. The Kier molecular flexibility index (Phi) is 2.86. The van der Waals surface area contributed by atoms with Crippen molar-refractivity contribution in [2.75, 3.05) is 0 Å². The number of halogens is 1. The van der Waals surface area contributed by atoms with E-state index in [9.17, 15) is 4.79 Å². The van der Waals surface area contributed by atoms with E-state index in [4.69, 9.17) is 5.11 Å². The Labute approximate surface area is 78.1 Å². The first-order chi connectivity index (χ1) is 5.65. The number of aromatic amines is 1. The highest BCUT2D eigenvalue weighted by molar-refractivity contribution is 9.10. The lowest BCUT2D eigenvalue weighted by Crippen LogP contribution is -2.02. The van der Waals surface area contributed by atoms with Gasteiger partial charge in [0.1, 0.15) is 4.60 Å². The van der Waals surface area contributed by atoms with Gasteiger partial charge >= 0.3 is 5.97 Å². The molecule has 0 unspecified atom stereocenters. The first kappa shape index (κ1) is 9.25. The first-order valence-electron chi connectivity index (χ1n) is 3.58. The van der Waals surface area contributed by atoms with Gasteiger partial charge in [-0.1, -0.05) is 6.92 Å². The van der Waals surface area contributed by atoms with Crippen LogP contribution in [-0.2, 0) is 17.6 Å². The summed E-state index contributed by atoms with van der Waals surface area (Å²) in [4.78, 5) is 10.4. The van der Waals surface area contributed by atoms with E-state index in [-0.39, 0.29) is 6.42 Å². The normalized spacial score (nSPS) is 10.2. The monoisotopic (exact) mass is 232 g/mol. The number of nitrogens with zero attached hydrogens (tertiary/aromatic N) is 1. The minimum Gasteiger partial charge on any atom is -0.481 e. The molecule has 0 aliphatic rings. The standard InChI is InChI=1S/C7H9BrN2O2/c1-2-5-4(3-6(11)12)7(8)10-9-5/h2-3H2,1H3,(H,9,10)(H,11,12). The number of H-pyrrole nitrogens is 1. The van der Waals surface area contributed by atoms with E-state index in [1.54, 1.807) is 0 Å². The van der Waals surface area contributed by atoms with Crippen LogP contribution in [0, 0.1) is 0 Å². The fraction of sp³-hybridized carbons (Fsp3) is 0.429. The summed E-state index contributed by atoms with van der Waals surface area (Å²) in [5.74, 6) is -0.841. The molecule has 0 spiro atoms. The van der Waals surface area contributed by atoms with Gasteiger partial charge in [-0.25, -0.2) is 0 Å². The average Bonchev–Trinajstić information content (AvgIpc) is 2.32. The van der Waals surface area contributed by atoms with Gasteiger partial charge in [0.15, 0.2) is 0 Å². The third-order valence-corrected chi connectivity index (χ3v) is 2.24. The minimum atomic E-state index is -0.841. The molecule has 1 aromatic rings. The molecule has 0 saturated carbocycles. The summed E-state index contributed by atoms with van der Waals surface area (Å²) >= 11 is 3.18. The second-order valence-corrected chi connectivity index (χ2v) is 3.15. The minimum absolute atomic E-state index is 0.0141. The molecule has 0 bridgehead atoms. The van der Waals surface area contributed by atoms with Crippen LogP contribution < -0.4 is 0 Å². The van der Waals surface area contributed by atoms with E-state index in [0.717, 1.165) is 17.7 Å². The fourth-order valence-corrected chi connectivity index (χ4v) is 1.47. The van der Waals surface area contributed by atoms with Crippen LogP contribution in [0.25, 0.3) is 0 Å². The fourth-order valence-electron chi connectivity index (χ4n) is 0.999. The molecule has 1 heterocycles. The van der Waals surface area contributed by atoms with Crippen molar-refractivity contribution >= 4 is 21.9 Å². The zero-order chi connectivity index (χ0) is 9.14. The Morgan fingerprint density at radius 3 is 2.92 bits per heavy atom. The van der Waals surface area contributed by atoms with Crippen molar-refractivity contribution in [3.63, 3.8) is 0 Å². The van der Waals surface area contributed by atoms with Crippen molar-refractivity contribution in [3.05, 3.63) is 15.9 Å². The Morgan fingerprint density at radius 1 is 1.75 bits per heavy atom. The number of nitrogens with one attached hydrogen (secondary N) is 1. The molecule has 0 aliphatic carbocycles. The molecule has 5 heteroatoms. The highest BCUT2D eigenvalue weighted by Crippen LogP contribution is 2.18. The van der Waals surface area contributed by atoms with Crippen LogP contribution in [0.15, 0.2) is 4.60 Å². The summed E-state index contributed by atoms with van der Waals surface area (Å²) in [5, 5.41) is 15.2.